The minimum absolute atomic E-state index is 0.226. The van der Waals surface area contributed by atoms with Crippen molar-refractivity contribution in [2.75, 3.05) is 5.32 Å². The van der Waals surface area contributed by atoms with Crippen LogP contribution < -0.4 is 16.6 Å². The van der Waals surface area contributed by atoms with E-state index in [4.69, 9.17) is 0 Å². The summed E-state index contributed by atoms with van der Waals surface area (Å²) in [5.41, 5.74) is 3.98. The Morgan fingerprint density at radius 2 is 1.55 bits per heavy atom. The number of fused-ring (bicyclic) bond motifs is 6. The monoisotopic (exact) mass is 408 g/mol. The standard InChI is InChI=1S/C25H20N4O2/c1-27-22-18(24(30)28(2)25(27)31)14-29-20-13-6-5-12-19(20)26-21(23(22)29)17-11-7-9-15-8-3-4-10-16(15)17/h3-14,21,26H,1-2H3/t21-/m0/s1. The summed E-state index contributed by atoms with van der Waals surface area (Å²) in [7, 11) is 3.25. The highest BCUT2D eigenvalue weighted by Gasteiger charge is 2.31. The van der Waals surface area contributed by atoms with Crippen molar-refractivity contribution >= 4 is 27.4 Å². The van der Waals surface area contributed by atoms with Crippen LogP contribution in [-0.2, 0) is 14.1 Å². The van der Waals surface area contributed by atoms with E-state index in [2.05, 4.69) is 34.1 Å². The van der Waals surface area contributed by atoms with Crippen LogP contribution in [0.5, 0.6) is 0 Å². The number of nitrogens with zero attached hydrogens (tertiary/aromatic N) is 3. The number of hydrogen-bond acceptors (Lipinski definition) is 3. The molecule has 0 unspecified atom stereocenters. The lowest BCUT2D eigenvalue weighted by molar-refractivity contribution is 0.708. The molecule has 0 spiro atoms. The van der Waals surface area contributed by atoms with Crippen LogP contribution in [0.1, 0.15) is 17.3 Å². The van der Waals surface area contributed by atoms with E-state index in [0.717, 1.165) is 33.4 Å². The second-order valence-corrected chi connectivity index (χ2v) is 8.02. The molecule has 3 aromatic carbocycles. The van der Waals surface area contributed by atoms with Crippen molar-refractivity contribution in [1.82, 2.24) is 13.7 Å². The summed E-state index contributed by atoms with van der Waals surface area (Å²) in [5.74, 6) is 0. The quantitative estimate of drug-likeness (QED) is 0.460. The molecule has 6 heteroatoms. The van der Waals surface area contributed by atoms with Crippen LogP contribution in [0.2, 0.25) is 0 Å². The Morgan fingerprint density at radius 3 is 2.42 bits per heavy atom. The molecular formula is C25H20N4O2. The van der Waals surface area contributed by atoms with Crippen molar-refractivity contribution in [2.45, 2.75) is 6.04 Å². The number of hydrogen-bond donors (Lipinski definition) is 1. The van der Waals surface area contributed by atoms with Crippen LogP contribution >= 0.6 is 0 Å². The Bertz CT molecular complexity index is 1630. The highest BCUT2D eigenvalue weighted by Crippen LogP contribution is 2.41. The van der Waals surface area contributed by atoms with Gasteiger partial charge in [-0.2, -0.15) is 0 Å². The third kappa shape index (κ3) is 2.33. The van der Waals surface area contributed by atoms with Crippen LogP contribution in [0.3, 0.4) is 0 Å². The van der Waals surface area contributed by atoms with Crippen molar-refractivity contribution in [3.05, 3.63) is 105 Å². The molecule has 0 saturated carbocycles. The summed E-state index contributed by atoms with van der Waals surface area (Å²) in [6, 6.07) is 22.3. The minimum atomic E-state index is -0.331. The maximum atomic E-state index is 13.0. The first-order valence-electron chi connectivity index (χ1n) is 10.2. The third-order valence-electron chi connectivity index (χ3n) is 6.33. The normalized spacial score (nSPS) is 15.0. The van der Waals surface area contributed by atoms with E-state index in [1.54, 1.807) is 11.6 Å². The van der Waals surface area contributed by atoms with Gasteiger partial charge in [0.05, 0.1) is 34.0 Å². The van der Waals surface area contributed by atoms with Gasteiger partial charge in [0.1, 0.15) is 0 Å². The Labute approximate surface area is 177 Å². The SMILES string of the molecule is Cn1c(=O)c2cn3c(c2n(C)c1=O)[C@H](c1cccc2ccccc12)Nc1ccccc1-3. The van der Waals surface area contributed by atoms with Gasteiger partial charge >= 0.3 is 5.69 Å². The number of aryl methyl sites for hydroxylation is 1. The van der Waals surface area contributed by atoms with Gasteiger partial charge in [0, 0.05) is 20.3 Å². The molecular weight excluding hydrogens is 388 g/mol. The molecule has 1 atom stereocenters. The Morgan fingerprint density at radius 1 is 0.806 bits per heavy atom. The topological polar surface area (TPSA) is 61.0 Å². The number of benzene rings is 3. The second-order valence-electron chi connectivity index (χ2n) is 8.02. The van der Waals surface area contributed by atoms with E-state index < -0.39 is 0 Å². The molecule has 6 nitrogen and oxygen atoms in total. The zero-order chi connectivity index (χ0) is 21.3. The Balaban J connectivity index is 1.78. The first kappa shape index (κ1) is 17.8. The van der Waals surface area contributed by atoms with Gasteiger partial charge in [0.2, 0.25) is 0 Å². The molecule has 3 heterocycles. The number of rotatable bonds is 1. The summed E-state index contributed by atoms with van der Waals surface area (Å²) in [6.07, 6.45) is 1.87. The van der Waals surface area contributed by atoms with Crippen LogP contribution in [0.25, 0.3) is 27.4 Å². The molecule has 5 aromatic rings. The van der Waals surface area contributed by atoms with Gasteiger partial charge in [-0.3, -0.25) is 13.9 Å². The van der Waals surface area contributed by atoms with E-state index in [0.29, 0.717) is 10.9 Å². The van der Waals surface area contributed by atoms with Crippen LogP contribution in [0.15, 0.2) is 82.5 Å². The van der Waals surface area contributed by atoms with E-state index >= 15 is 0 Å². The molecule has 0 radical (unpaired) electrons. The lowest BCUT2D eigenvalue weighted by atomic mass is 9.94. The maximum absolute atomic E-state index is 13.0. The zero-order valence-electron chi connectivity index (χ0n) is 17.2. The van der Waals surface area contributed by atoms with E-state index in [9.17, 15) is 9.59 Å². The maximum Gasteiger partial charge on any atom is 0.331 e. The fraction of sp³-hybridized carbons (Fsp3) is 0.120. The highest BCUT2D eigenvalue weighted by atomic mass is 16.2. The molecule has 152 valence electrons. The van der Waals surface area contributed by atoms with Gasteiger partial charge in [-0.1, -0.05) is 54.6 Å². The Hall–Kier alpha value is -4.06. The summed E-state index contributed by atoms with van der Waals surface area (Å²) >= 11 is 0. The van der Waals surface area contributed by atoms with Crippen molar-refractivity contribution in [1.29, 1.82) is 0 Å². The number of nitrogens with one attached hydrogen (secondary N) is 1. The molecule has 0 bridgehead atoms. The van der Waals surface area contributed by atoms with Gasteiger partial charge in [-0.25, -0.2) is 4.79 Å². The molecule has 1 N–H and O–H groups in total. The van der Waals surface area contributed by atoms with Gasteiger partial charge in [0.25, 0.3) is 5.56 Å². The zero-order valence-corrected chi connectivity index (χ0v) is 17.2. The summed E-state index contributed by atoms with van der Waals surface area (Å²) in [4.78, 5) is 25.8. The molecule has 1 aliphatic heterocycles. The third-order valence-corrected chi connectivity index (χ3v) is 6.33. The lowest BCUT2D eigenvalue weighted by Gasteiger charge is -2.31. The van der Waals surface area contributed by atoms with Crippen molar-refractivity contribution in [3.8, 4) is 5.69 Å². The highest BCUT2D eigenvalue weighted by molar-refractivity contribution is 5.91. The summed E-state index contributed by atoms with van der Waals surface area (Å²) in [5, 5.41) is 6.49. The van der Waals surface area contributed by atoms with Crippen molar-refractivity contribution in [3.63, 3.8) is 0 Å². The minimum Gasteiger partial charge on any atom is -0.371 e. The lowest BCUT2D eigenvalue weighted by Crippen LogP contribution is -2.37. The molecule has 31 heavy (non-hydrogen) atoms. The first-order valence-corrected chi connectivity index (χ1v) is 10.2. The summed E-state index contributed by atoms with van der Waals surface area (Å²) < 4.78 is 4.81. The molecule has 0 amide bonds. The van der Waals surface area contributed by atoms with Crippen LogP contribution in [0.4, 0.5) is 5.69 Å². The molecule has 1 aliphatic rings. The molecule has 0 fully saturated rings. The van der Waals surface area contributed by atoms with Gasteiger partial charge < -0.3 is 9.88 Å². The summed E-state index contributed by atoms with van der Waals surface area (Å²) in [6.45, 7) is 0. The molecule has 6 rings (SSSR count). The van der Waals surface area contributed by atoms with E-state index in [-0.39, 0.29) is 17.3 Å². The average Bonchev–Trinajstić information content (AvgIpc) is 3.22. The van der Waals surface area contributed by atoms with E-state index in [1.807, 2.05) is 48.7 Å². The largest absolute Gasteiger partial charge is 0.371 e. The fourth-order valence-electron chi connectivity index (χ4n) is 4.84. The van der Waals surface area contributed by atoms with Crippen LogP contribution in [0, 0.1) is 0 Å². The van der Waals surface area contributed by atoms with E-state index in [1.165, 1.54) is 11.6 Å². The number of para-hydroxylation sites is 2. The number of aromatic nitrogens is 3. The van der Waals surface area contributed by atoms with Gasteiger partial charge in [0.15, 0.2) is 0 Å². The molecule has 0 aliphatic carbocycles. The smallest absolute Gasteiger partial charge is 0.331 e. The predicted octanol–water partition coefficient (Wildman–Crippen LogP) is 3.70. The number of anilines is 1. The predicted molar refractivity (Wildman–Crippen MR) is 123 cm³/mol. The Kier molecular flexibility index (Phi) is 3.56. The average molecular weight is 408 g/mol. The fourth-order valence-corrected chi connectivity index (χ4v) is 4.84. The van der Waals surface area contributed by atoms with Crippen molar-refractivity contribution in [2.24, 2.45) is 14.1 Å². The van der Waals surface area contributed by atoms with Gasteiger partial charge in [-0.05, 0) is 28.5 Å². The molecule has 0 saturated heterocycles. The van der Waals surface area contributed by atoms with Gasteiger partial charge in [-0.15, -0.1) is 0 Å². The first-order chi connectivity index (χ1) is 15.1. The van der Waals surface area contributed by atoms with Crippen molar-refractivity contribution < 1.29 is 0 Å². The van der Waals surface area contributed by atoms with Crippen LogP contribution in [-0.4, -0.2) is 13.7 Å². The second kappa shape index (κ2) is 6.22. The molecule has 2 aromatic heterocycles.